The van der Waals surface area contributed by atoms with E-state index in [0.29, 0.717) is 23.7 Å². The predicted molar refractivity (Wildman–Crippen MR) is 108 cm³/mol. The highest BCUT2D eigenvalue weighted by atomic mass is 32.1. The van der Waals surface area contributed by atoms with Crippen LogP contribution in [0.25, 0.3) is 0 Å². The zero-order chi connectivity index (χ0) is 19.1. The molecule has 1 aliphatic heterocycles. The molecule has 0 radical (unpaired) electrons. The van der Waals surface area contributed by atoms with Gasteiger partial charge in [0.2, 0.25) is 0 Å². The number of benzene rings is 2. The maximum absolute atomic E-state index is 12.4. The lowest BCUT2D eigenvalue weighted by Gasteiger charge is -2.14. The SMILES string of the molecule is COc1ccccc1C(=O)NC(=S)Nc1cccc(OCC2CCCO2)c1. The predicted octanol–water partition coefficient (Wildman–Crippen LogP) is 3.38. The maximum Gasteiger partial charge on any atom is 0.261 e. The first kappa shape index (κ1) is 19.1. The number of ether oxygens (including phenoxy) is 3. The van der Waals surface area contributed by atoms with Gasteiger partial charge in [-0.05, 0) is 49.3 Å². The number of para-hydroxylation sites is 1. The Morgan fingerprint density at radius 3 is 2.89 bits per heavy atom. The summed E-state index contributed by atoms with van der Waals surface area (Å²) in [6.07, 6.45) is 2.26. The van der Waals surface area contributed by atoms with Gasteiger partial charge in [0.1, 0.15) is 18.1 Å². The van der Waals surface area contributed by atoms with E-state index in [1.54, 1.807) is 24.3 Å². The van der Waals surface area contributed by atoms with Crippen molar-refractivity contribution >= 4 is 28.9 Å². The van der Waals surface area contributed by atoms with Gasteiger partial charge in [0, 0.05) is 18.4 Å². The van der Waals surface area contributed by atoms with E-state index >= 15 is 0 Å². The van der Waals surface area contributed by atoms with Gasteiger partial charge in [-0.3, -0.25) is 10.1 Å². The largest absolute Gasteiger partial charge is 0.496 e. The fourth-order valence-corrected chi connectivity index (χ4v) is 3.00. The molecule has 0 aliphatic carbocycles. The number of carbonyl (C=O) groups excluding carboxylic acids is 1. The fourth-order valence-electron chi connectivity index (χ4n) is 2.79. The van der Waals surface area contributed by atoms with Crippen molar-refractivity contribution in [3.05, 3.63) is 54.1 Å². The van der Waals surface area contributed by atoms with Crippen molar-refractivity contribution in [3.63, 3.8) is 0 Å². The van der Waals surface area contributed by atoms with Crippen LogP contribution in [-0.4, -0.2) is 37.4 Å². The number of thiocarbonyl (C=S) groups is 1. The average Bonchev–Trinajstić information content (AvgIpc) is 3.20. The lowest BCUT2D eigenvalue weighted by Crippen LogP contribution is -2.34. The van der Waals surface area contributed by atoms with Crippen molar-refractivity contribution in [2.45, 2.75) is 18.9 Å². The van der Waals surface area contributed by atoms with Crippen molar-refractivity contribution in [2.24, 2.45) is 0 Å². The van der Waals surface area contributed by atoms with Gasteiger partial charge in [0.05, 0.1) is 18.8 Å². The van der Waals surface area contributed by atoms with Gasteiger partial charge in [-0.2, -0.15) is 0 Å². The van der Waals surface area contributed by atoms with Gasteiger partial charge in [-0.1, -0.05) is 18.2 Å². The second-order valence-electron chi connectivity index (χ2n) is 6.08. The number of anilines is 1. The summed E-state index contributed by atoms with van der Waals surface area (Å²) in [5.74, 6) is 0.868. The van der Waals surface area contributed by atoms with E-state index in [4.69, 9.17) is 26.4 Å². The molecule has 2 N–H and O–H groups in total. The summed E-state index contributed by atoms with van der Waals surface area (Å²) < 4.78 is 16.5. The minimum absolute atomic E-state index is 0.155. The number of amides is 1. The number of hydrogen-bond acceptors (Lipinski definition) is 5. The first-order valence-electron chi connectivity index (χ1n) is 8.75. The van der Waals surface area contributed by atoms with Crippen LogP contribution >= 0.6 is 12.2 Å². The smallest absolute Gasteiger partial charge is 0.261 e. The first-order chi connectivity index (χ1) is 13.2. The number of rotatable bonds is 6. The standard InChI is InChI=1S/C20H22N2O4S/c1-24-18-10-3-2-9-17(18)19(23)22-20(27)21-14-6-4-7-15(12-14)26-13-16-8-5-11-25-16/h2-4,6-7,9-10,12,16H,5,8,11,13H2,1H3,(H2,21,22,23,27). The highest BCUT2D eigenvalue weighted by Crippen LogP contribution is 2.20. The third-order valence-electron chi connectivity index (χ3n) is 4.13. The van der Waals surface area contributed by atoms with Crippen LogP contribution in [0.4, 0.5) is 5.69 Å². The number of methoxy groups -OCH3 is 1. The monoisotopic (exact) mass is 386 g/mol. The molecule has 27 heavy (non-hydrogen) atoms. The molecular weight excluding hydrogens is 364 g/mol. The number of nitrogens with one attached hydrogen (secondary N) is 2. The molecule has 2 aromatic rings. The molecule has 1 fully saturated rings. The minimum atomic E-state index is -0.337. The van der Waals surface area contributed by atoms with E-state index in [-0.39, 0.29) is 17.1 Å². The Bertz CT molecular complexity index is 806. The van der Waals surface area contributed by atoms with E-state index in [0.717, 1.165) is 25.1 Å². The van der Waals surface area contributed by atoms with Crippen molar-refractivity contribution in [3.8, 4) is 11.5 Å². The van der Waals surface area contributed by atoms with E-state index in [1.165, 1.54) is 7.11 Å². The van der Waals surface area contributed by atoms with Crippen molar-refractivity contribution in [1.29, 1.82) is 0 Å². The molecule has 0 aromatic heterocycles. The first-order valence-corrected chi connectivity index (χ1v) is 9.16. The molecule has 142 valence electrons. The van der Waals surface area contributed by atoms with E-state index < -0.39 is 0 Å². The van der Waals surface area contributed by atoms with Gasteiger partial charge in [0.15, 0.2) is 5.11 Å². The molecule has 0 saturated carbocycles. The summed E-state index contributed by atoms with van der Waals surface area (Å²) in [6, 6.07) is 14.4. The Morgan fingerprint density at radius 2 is 2.11 bits per heavy atom. The lowest BCUT2D eigenvalue weighted by molar-refractivity contribution is 0.0680. The van der Waals surface area contributed by atoms with Gasteiger partial charge >= 0.3 is 0 Å². The van der Waals surface area contributed by atoms with Crippen LogP contribution in [0.15, 0.2) is 48.5 Å². The van der Waals surface area contributed by atoms with Crippen LogP contribution in [0, 0.1) is 0 Å². The molecule has 1 unspecified atom stereocenters. The Labute approximate surface area is 163 Å². The van der Waals surface area contributed by atoms with E-state index in [1.807, 2.05) is 24.3 Å². The van der Waals surface area contributed by atoms with Gasteiger partial charge in [-0.25, -0.2) is 0 Å². The Kier molecular flexibility index (Phi) is 6.62. The zero-order valence-electron chi connectivity index (χ0n) is 15.1. The quantitative estimate of drug-likeness (QED) is 0.742. The van der Waals surface area contributed by atoms with Crippen LogP contribution < -0.4 is 20.1 Å². The fraction of sp³-hybridized carbons (Fsp3) is 0.300. The second kappa shape index (κ2) is 9.34. The highest BCUT2D eigenvalue weighted by Gasteiger charge is 2.16. The van der Waals surface area contributed by atoms with Gasteiger partial charge in [-0.15, -0.1) is 0 Å². The summed E-state index contributed by atoms with van der Waals surface area (Å²) in [5, 5.41) is 5.85. The summed E-state index contributed by atoms with van der Waals surface area (Å²) in [5.41, 5.74) is 1.14. The molecule has 1 saturated heterocycles. The van der Waals surface area contributed by atoms with Crippen LogP contribution in [0.3, 0.4) is 0 Å². The maximum atomic E-state index is 12.4. The van der Waals surface area contributed by atoms with Crippen molar-refractivity contribution in [2.75, 3.05) is 25.6 Å². The van der Waals surface area contributed by atoms with Gasteiger partial charge in [0.25, 0.3) is 5.91 Å². The third-order valence-corrected chi connectivity index (χ3v) is 4.33. The van der Waals surface area contributed by atoms with Crippen LogP contribution in [0.1, 0.15) is 23.2 Å². The second-order valence-corrected chi connectivity index (χ2v) is 6.49. The Balaban J connectivity index is 1.55. The normalized spacial score (nSPS) is 15.8. The Morgan fingerprint density at radius 1 is 1.26 bits per heavy atom. The minimum Gasteiger partial charge on any atom is -0.496 e. The molecule has 1 heterocycles. The van der Waals surface area contributed by atoms with E-state index in [9.17, 15) is 4.79 Å². The highest BCUT2D eigenvalue weighted by molar-refractivity contribution is 7.80. The molecule has 3 rings (SSSR count). The molecule has 1 amide bonds. The van der Waals surface area contributed by atoms with Crippen molar-refractivity contribution in [1.82, 2.24) is 5.32 Å². The van der Waals surface area contributed by atoms with Crippen LogP contribution in [0.2, 0.25) is 0 Å². The average molecular weight is 386 g/mol. The Hall–Kier alpha value is -2.64. The molecule has 1 aliphatic rings. The molecule has 0 bridgehead atoms. The summed E-state index contributed by atoms with van der Waals surface area (Å²) >= 11 is 5.24. The molecule has 1 atom stereocenters. The number of carbonyl (C=O) groups is 1. The number of hydrogen-bond donors (Lipinski definition) is 2. The molecule has 7 heteroatoms. The third kappa shape index (κ3) is 5.42. The topological polar surface area (TPSA) is 68.8 Å². The molecule has 2 aromatic carbocycles. The summed E-state index contributed by atoms with van der Waals surface area (Å²) in [7, 11) is 1.52. The molecular formula is C20H22N2O4S. The van der Waals surface area contributed by atoms with Crippen LogP contribution in [0.5, 0.6) is 11.5 Å². The molecule has 0 spiro atoms. The molecule has 6 nitrogen and oxygen atoms in total. The van der Waals surface area contributed by atoms with Crippen molar-refractivity contribution < 1.29 is 19.0 Å². The lowest BCUT2D eigenvalue weighted by atomic mass is 10.2. The summed E-state index contributed by atoms with van der Waals surface area (Å²) in [6.45, 7) is 1.33. The van der Waals surface area contributed by atoms with Crippen LogP contribution in [-0.2, 0) is 4.74 Å². The van der Waals surface area contributed by atoms with Gasteiger partial charge < -0.3 is 19.5 Å². The summed E-state index contributed by atoms with van der Waals surface area (Å²) in [4.78, 5) is 12.4. The zero-order valence-corrected chi connectivity index (χ0v) is 15.9. The van der Waals surface area contributed by atoms with E-state index in [2.05, 4.69) is 10.6 Å².